The van der Waals surface area contributed by atoms with E-state index in [1.807, 2.05) is 6.92 Å². The molecule has 0 N–H and O–H groups in total. The van der Waals surface area contributed by atoms with E-state index in [1.54, 1.807) is 7.11 Å². The molecule has 0 heterocycles. The maximum absolute atomic E-state index is 10.8. The Bertz CT molecular complexity index is 440. The zero-order valence-electron chi connectivity index (χ0n) is 11.3. The molecule has 1 aromatic carbocycles. The van der Waals surface area contributed by atoms with Crippen molar-refractivity contribution in [3.63, 3.8) is 0 Å². The average Bonchev–Trinajstić information content (AvgIpc) is 2.39. The molecule has 0 aliphatic carbocycles. The van der Waals surface area contributed by atoms with Gasteiger partial charge in [-0.3, -0.25) is 0 Å². The molecule has 0 amide bonds. The van der Waals surface area contributed by atoms with Crippen LogP contribution in [0, 0.1) is 6.92 Å². The van der Waals surface area contributed by atoms with Crippen molar-refractivity contribution in [3.05, 3.63) is 11.1 Å². The summed E-state index contributed by atoms with van der Waals surface area (Å²) in [6.07, 6.45) is 1.04. The largest absolute Gasteiger partial charge is 0.492 e. The lowest BCUT2D eigenvalue weighted by Crippen LogP contribution is -2.05. The van der Waals surface area contributed by atoms with E-state index in [9.17, 15) is 4.79 Å². The van der Waals surface area contributed by atoms with Crippen LogP contribution in [0.5, 0.6) is 23.0 Å². The summed E-state index contributed by atoms with van der Waals surface area (Å²) in [5, 5.41) is 0. The first-order valence-electron chi connectivity index (χ1n) is 5.45. The molecule has 1 rings (SSSR count). The molecule has 100 valence electrons. The third kappa shape index (κ3) is 2.20. The standard InChI is InChI=1S/C13H18O5/c1-8-9(6-7-14)11(16-3)13(18-5)12(17-4)10(8)15-2/h7H,6H2,1-5H3. The maximum atomic E-state index is 10.8. The minimum atomic E-state index is 0.228. The van der Waals surface area contributed by atoms with Crippen LogP contribution >= 0.6 is 0 Å². The van der Waals surface area contributed by atoms with E-state index in [0.29, 0.717) is 23.0 Å². The van der Waals surface area contributed by atoms with Gasteiger partial charge in [-0.2, -0.15) is 0 Å². The number of benzene rings is 1. The first-order valence-corrected chi connectivity index (χ1v) is 5.45. The van der Waals surface area contributed by atoms with Crippen molar-refractivity contribution in [3.8, 4) is 23.0 Å². The maximum Gasteiger partial charge on any atom is 0.207 e. The Morgan fingerprint density at radius 3 is 1.67 bits per heavy atom. The molecule has 0 bridgehead atoms. The molecule has 5 nitrogen and oxygen atoms in total. The highest BCUT2D eigenvalue weighted by Crippen LogP contribution is 2.49. The molecule has 0 saturated heterocycles. The topological polar surface area (TPSA) is 54.0 Å². The number of hydrogen-bond donors (Lipinski definition) is 0. The smallest absolute Gasteiger partial charge is 0.207 e. The van der Waals surface area contributed by atoms with Crippen molar-refractivity contribution in [1.82, 2.24) is 0 Å². The highest BCUT2D eigenvalue weighted by atomic mass is 16.5. The number of methoxy groups -OCH3 is 4. The molecule has 0 atom stereocenters. The Morgan fingerprint density at radius 2 is 1.28 bits per heavy atom. The molecule has 0 radical (unpaired) electrons. The number of ether oxygens (including phenoxy) is 4. The fourth-order valence-electron chi connectivity index (χ4n) is 1.98. The Hall–Kier alpha value is -1.91. The van der Waals surface area contributed by atoms with E-state index in [-0.39, 0.29) is 6.42 Å². The van der Waals surface area contributed by atoms with Crippen molar-refractivity contribution in [2.24, 2.45) is 0 Å². The lowest BCUT2D eigenvalue weighted by atomic mass is 10.0. The number of aldehydes is 1. The van der Waals surface area contributed by atoms with Crippen LogP contribution in [0.4, 0.5) is 0 Å². The van der Waals surface area contributed by atoms with Crippen LogP contribution in [-0.4, -0.2) is 34.7 Å². The molecular formula is C13H18O5. The summed E-state index contributed by atoms with van der Waals surface area (Å²) in [6.45, 7) is 1.85. The molecule has 0 spiro atoms. The second-order valence-electron chi connectivity index (χ2n) is 3.61. The highest BCUT2D eigenvalue weighted by Gasteiger charge is 2.24. The minimum Gasteiger partial charge on any atom is -0.492 e. The van der Waals surface area contributed by atoms with Crippen LogP contribution in [0.15, 0.2) is 0 Å². The quantitative estimate of drug-likeness (QED) is 0.724. The van der Waals surface area contributed by atoms with Gasteiger partial charge < -0.3 is 23.7 Å². The third-order valence-electron chi connectivity index (χ3n) is 2.79. The fraction of sp³-hybridized carbons (Fsp3) is 0.462. The fourth-order valence-corrected chi connectivity index (χ4v) is 1.98. The summed E-state index contributed by atoms with van der Waals surface area (Å²) in [5.41, 5.74) is 1.54. The first-order chi connectivity index (χ1) is 8.65. The Balaban J connectivity index is 3.66. The van der Waals surface area contributed by atoms with Gasteiger partial charge in [-0.1, -0.05) is 0 Å². The summed E-state index contributed by atoms with van der Waals surface area (Å²) >= 11 is 0. The summed E-state index contributed by atoms with van der Waals surface area (Å²) < 4.78 is 21.2. The molecule has 5 heteroatoms. The molecular weight excluding hydrogens is 236 g/mol. The molecule has 1 aromatic rings. The normalized spacial score (nSPS) is 9.83. The van der Waals surface area contributed by atoms with E-state index in [0.717, 1.165) is 17.4 Å². The Labute approximate surface area is 107 Å². The van der Waals surface area contributed by atoms with Crippen molar-refractivity contribution < 1.29 is 23.7 Å². The van der Waals surface area contributed by atoms with E-state index >= 15 is 0 Å². The molecule has 0 saturated carbocycles. The predicted molar refractivity (Wildman–Crippen MR) is 67.2 cm³/mol. The van der Waals surface area contributed by atoms with Crippen LogP contribution in [0.2, 0.25) is 0 Å². The summed E-state index contributed by atoms with van der Waals surface area (Å²) in [4.78, 5) is 10.8. The first kappa shape index (κ1) is 14.2. The molecule has 0 fully saturated rings. The van der Waals surface area contributed by atoms with E-state index in [1.165, 1.54) is 21.3 Å². The van der Waals surface area contributed by atoms with Gasteiger partial charge in [-0.25, -0.2) is 0 Å². The van der Waals surface area contributed by atoms with Crippen LogP contribution in [0.1, 0.15) is 11.1 Å². The van der Waals surface area contributed by atoms with Crippen LogP contribution in [0.3, 0.4) is 0 Å². The van der Waals surface area contributed by atoms with Crippen molar-refractivity contribution in [1.29, 1.82) is 0 Å². The van der Waals surface area contributed by atoms with Crippen LogP contribution in [0.25, 0.3) is 0 Å². The lowest BCUT2D eigenvalue weighted by Gasteiger charge is -2.20. The van der Waals surface area contributed by atoms with E-state index in [2.05, 4.69) is 0 Å². The number of carbonyl (C=O) groups is 1. The van der Waals surface area contributed by atoms with Gasteiger partial charge in [-0.05, 0) is 6.92 Å². The van der Waals surface area contributed by atoms with Crippen molar-refractivity contribution in [2.45, 2.75) is 13.3 Å². The molecule has 0 aromatic heterocycles. The predicted octanol–water partition coefficient (Wildman–Crippen LogP) is 1.77. The zero-order chi connectivity index (χ0) is 13.7. The van der Waals surface area contributed by atoms with Gasteiger partial charge in [-0.15, -0.1) is 0 Å². The number of carbonyl (C=O) groups excluding carboxylic acids is 1. The van der Waals surface area contributed by atoms with Gasteiger partial charge in [0, 0.05) is 17.5 Å². The van der Waals surface area contributed by atoms with E-state index in [4.69, 9.17) is 18.9 Å². The van der Waals surface area contributed by atoms with Crippen molar-refractivity contribution in [2.75, 3.05) is 28.4 Å². The van der Waals surface area contributed by atoms with Crippen LogP contribution < -0.4 is 18.9 Å². The van der Waals surface area contributed by atoms with Gasteiger partial charge in [0.05, 0.1) is 28.4 Å². The van der Waals surface area contributed by atoms with Gasteiger partial charge in [0.2, 0.25) is 11.5 Å². The minimum absolute atomic E-state index is 0.228. The number of rotatable bonds is 6. The van der Waals surface area contributed by atoms with Gasteiger partial charge >= 0.3 is 0 Å². The summed E-state index contributed by atoms with van der Waals surface area (Å²) in [7, 11) is 6.11. The zero-order valence-corrected chi connectivity index (χ0v) is 11.3. The van der Waals surface area contributed by atoms with Crippen molar-refractivity contribution >= 4 is 6.29 Å². The second-order valence-corrected chi connectivity index (χ2v) is 3.61. The van der Waals surface area contributed by atoms with E-state index < -0.39 is 0 Å². The summed E-state index contributed by atoms with van der Waals surface area (Å²) in [5.74, 6) is 1.94. The average molecular weight is 254 g/mol. The van der Waals surface area contributed by atoms with Crippen LogP contribution in [-0.2, 0) is 11.2 Å². The van der Waals surface area contributed by atoms with Gasteiger partial charge in [0.15, 0.2) is 11.5 Å². The molecule has 0 aliphatic rings. The Kier molecular flexibility index (Phi) is 4.83. The highest BCUT2D eigenvalue weighted by molar-refractivity contribution is 5.70. The Morgan fingerprint density at radius 1 is 0.833 bits per heavy atom. The summed E-state index contributed by atoms with van der Waals surface area (Å²) in [6, 6.07) is 0. The SMILES string of the molecule is COc1c(C)c(CC=O)c(OC)c(OC)c1OC. The van der Waals surface area contributed by atoms with Gasteiger partial charge in [0.1, 0.15) is 6.29 Å². The molecule has 0 unspecified atom stereocenters. The lowest BCUT2D eigenvalue weighted by molar-refractivity contribution is -0.107. The third-order valence-corrected chi connectivity index (χ3v) is 2.79. The molecule has 0 aliphatic heterocycles. The second kappa shape index (κ2) is 6.14. The molecule has 18 heavy (non-hydrogen) atoms. The van der Waals surface area contributed by atoms with Gasteiger partial charge in [0.25, 0.3) is 0 Å². The number of hydrogen-bond acceptors (Lipinski definition) is 5. The monoisotopic (exact) mass is 254 g/mol.